The number of rotatable bonds is 0. The van der Waals surface area contributed by atoms with E-state index in [-0.39, 0.29) is 24.6 Å². The second kappa shape index (κ2) is 11.0. The van der Waals surface area contributed by atoms with Gasteiger partial charge in [0.2, 0.25) is 0 Å². The van der Waals surface area contributed by atoms with Gasteiger partial charge < -0.3 is 24.6 Å². The molecule has 12 heavy (non-hydrogen) atoms. The number of hydrogen-bond donors (Lipinski definition) is 7. The normalized spacial score (nSPS) is 9.83. The standard InChI is InChI=1S/ClH2N.4H3N.2H2O.3O.Ru/c1-2;;;;;;;;;;/h2H2;4*1H3;2*1H2;;;;/q;;;;;;;;;;+2/p-2. The molecule has 0 aliphatic carbocycles. The SMILES string of the molecule is N.N.N.N.NCl.[O]=[Ru](=[O])(=[O])([OH])[OH]. The van der Waals surface area contributed by atoms with Gasteiger partial charge in [-0.25, -0.2) is 5.25 Å². The first-order chi connectivity index (χ1) is 3.24. The van der Waals surface area contributed by atoms with Crippen LogP contribution in [-0.2, 0) is 24.9 Å². The van der Waals surface area contributed by atoms with Crippen LogP contribution in [0.5, 0.6) is 0 Å². The number of halogens is 1. The van der Waals surface area contributed by atoms with Gasteiger partial charge in [0.15, 0.2) is 0 Å². The van der Waals surface area contributed by atoms with E-state index in [4.69, 9.17) is 18.6 Å². The molecule has 0 radical (unpaired) electrons. The van der Waals surface area contributed by atoms with Gasteiger partial charge in [0.1, 0.15) is 0 Å². The van der Waals surface area contributed by atoms with Crippen LogP contribution in [-0.4, -0.2) is 7.87 Å². The van der Waals surface area contributed by atoms with Crippen LogP contribution in [0, 0.1) is 0 Å². The summed E-state index contributed by atoms with van der Waals surface area (Å²) in [6, 6.07) is 0. The van der Waals surface area contributed by atoms with Crippen molar-refractivity contribution < 1.29 is 32.8 Å². The summed E-state index contributed by atoms with van der Waals surface area (Å²) in [5.41, 5.74) is 0. The molecule has 0 unspecified atom stereocenters. The third-order valence-electron chi connectivity index (χ3n) is 0. The summed E-state index contributed by atoms with van der Waals surface area (Å²) in [6.07, 6.45) is 0. The van der Waals surface area contributed by atoms with E-state index in [1.54, 1.807) is 0 Å². The molecule has 0 aromatic carbocycles. The predicted octanol–water partition coefficient (Wildman–Crippen LogP) is -0.726. The van der Waals surface area contributed by atoms with E-state index in [2.05, 4.69) is 17.0 Å². The van der Waals surface area contributed by atoms with Crippen LogP contribution in [0.1, 0.15) is 0 Å². The third-order valence-corrected chi connectivity index (χ3v) is 0. The summed E-state index contributed by atoms with van der Waals surface area (Å²) in [4.78, 5) is 0. The Morgan fingerprint density at radius 3 is 0.833 bits per heavy atom. The van der Waals surface area contributed by atoms with Crippen molar-refractivity contribution in [2.24, 2.45) is 5.25 Å². The molecular weight excluding hydrogens is 287 g/mol. The minimum absolute atomic E-state index is 0. The fourth-order valence-corrected chi connectivity index (χ4v) is 0. The Bertz CT molecular complexity index is 198. The molecule has 0 amide bonds. The van der Waals surface area contributed by atoms with Crippen molar-refractivity contribution in [1.82, 2.24) is 24.6 Å². The molecule has 0 aliphatic heterocycles. The molecule has 0 aromatic heterocycles. The third kappa shape index (κ3) is 735000. The molecule has 0 rings (SSSR count). The number of nitrogens with two attached hydrogens (primary N) is 1. The molecule has 0 bridgehead atoms. The maximum atomic E-state index is 8.86. The van der Waals surface area contributed by atoms with Crippen molar-refractivity contribution in [1.29, 1.82) is 0 Å². The molecular formula is H16ClN5O5Ru. The van der Waals surface area contributed by atoms with Crippen LogP contribution in [0.4, 0.5) is 0 Å². The van der Waals surface area contributed by atoms with Crippen LogP contribution in [0.2, 0.25) is 0 Å². The van der Waals surface area contributed by atoms with Crippen molar-refractivity contribution in [3.63, 3.8) is 0 Å². The molecule has 0 aliphatic rings. The zero-order valence-electron chi connectivity index (χ0n) is 6.26. The molecule has 0 heterocycles. The maximum absolute atomic E-state index is 8.86. The van der Waals surface area contributed by atoms with Gasteiger partial charge in [0.25, 0.3) is 0 Å². The van der Waals surface area contributed by atoms with Gasteiger partial charge in [-0.05, 0) is 11.8 Å². The summed E-state index contributed by atoms with van der Waals surface area (Å²) in [7, 11) is 0. The summed E-state index contributed by atoms with van der Waals surface area (Å²) in [6.45, 7) is 0. The Morgan fingerprint density at radius 1 is 0.833 bits per heavy atom. The van der Waals surface area contributed by atoms with E-state index in [0.29, 0.717) is 0 Å². The van der Waals surface area contributed by atoms with Crippen molar-refractivity contribution in [2.45, 2.75) is 0 Å². The monoisotopic (exact) mass is 303 g/mol. The summed E-state index contributed by atoms with van der Waals surface area (Å²) < 4.78 is 40.7. The Morgan fingerprint density at radius 2 is 0.833 bits per heavy atom. The molecule has 0 saturated heterocycles. The fourth-order valence-electron chi connectivity index (χ4n) is 0. The summed E-state index contributed by atoms with van der Waals surface area (Å²) in [5.74, 6) is 0. The molecule has 86 valence electrons. The van der Waals surface area contributed by atoms with Crippen molar-refractivity contribution >= 4 is 11.8 Å². The minimum atomic E-state index is -7.22. The first kappa shape index (κ1) is 40.2. The molecule has 0 fully saturated rings. The Labute approximate surface area is 74.9 Å². The van der Waals surface area contributed by atoms with E-state index in [1.165, 1.54) is 0 Å². The molecule has 16 N–H and O–H groups in total. The molecule has 0 spiro atoms. The number of hydrogen-bond acceptors (Lipinski definition) is 8. The second-order valence-corrected chi connectivity index (χ2v) is 3.76. The molecule has 10 nitrogen and oxygen atoms in total. The zero-order valence-corrected chi connectivity index (χ0v) is 8.75. The average molecular weight is 303 g/mol. The van der Waals surface area contributed by atoms with E-state index in [1.807, 2.05) is 0 Å². The van der Waals surface area contributed by atoms with E-state index < -0.39 is 14.2 Å². The Kier molecular flexibility index (Phi) is 37.0. The summed E-state index contributed by atoms with van der Waals surface area (Å²) >= 11 is -3.09. The van der Waals surface area contributed by atoms with Gasteiger partial charge >= 0.3 is 32.8 Å². The molecule has 12 heteroatoms. The van der Waals surface area contributed by atoms with Gasteiger partial charge in [-0.3, -0.25) is 0 Å². The Hall–Kier alpha value is 0.0334. The van der Waals surface area contributed by atoms with Gasteiger partial charge in [-0.1, -0.05) is 0 Å². The molecule has 0 atom stereocenters. The Balaban J connectivity index is -0.0000000140. The zero-order chi connectivity index (χ0) is 7.45. The average Bonchev–Trinajstić information content (AvgIpc) is 1.33. The van der Waals surface area contributed by atoms with Crippen LogP contribution in [0.25, 0.3) is 0 Å². The van der Waals surface area contributed by atoms with Crippen LogP contribution >= 0.6 is 11.8 Å². The first-order valence-corrected chi connectivity index (χ1v) is 5.09. The van der Waals surface area contributed by atoms with Gasteiger partial charge in [-0.15, -0.1) is 0 Å². The topological polar surface area (TPSA) is 258 Å². The fraction of sp³-hybridized carbons (Fsp3) is 0. The van der Waals surface area contributed by atoms with Crippen molar-refractivity contribution in [3.05, 3.63) is 0 Å². The van der Waals surface area contributed by atoms with Crippen LogP contribution < -0.4 is 29.9 Å². The van der Waals surface area contributed by atoms with Gasteiger partial charge in [-0.2, -0.15) is 0 Å². The molecule has 0 saturated carbocycles. The van der Waals surface area contributed by atoms with E-state index in [9.17, 15) is 0 Å². The second-order valence-electron chi connectivity index (χ2n) is 0.635. The van der Waals surface area contributed by atoms with E-state index >= 15 is 0 Å². The quantitative estimate of drug-likeness (QED) is 0.218. The van der Waals surface area contributed by atoms with Crippen LogP contribution in [0.15, 0.2) is 0 Å². The van der Waals surface area contributed by atoms with Crippen molar-refractivity contribution in [2.75, 3.05) is 0 Å². The first-order valence-electron chi connectivity index (χ1n) is 0.967. The van der Waals surface area contributed by atoms with Crippen LogP contribution in [0.3, 0.4) is 0 Å². The van der Waals surface area contributed by atoms with Gasteiger partial charge in [0, 0.05) is 0 Å². The van der Waals surface area contributed by atoms with E-state index in [0.717, 1.165) is 0 Å². The molecule has 0 aromatic rings. The predicted molar refractivity (Wildman–Crippen MR) is 36.6 cm³/mol. The van der Waals surface area contributed by atoms with Crippen molar-refractivity contribution in [3.8, 4) is 0 Å². The van der Waals surface area contributed by atoms with Gasteiger partial charge in [0.05, 0.1) is 0 Å². The summed E-state index contributed by atoms with van der Waals surface area (Å²) in [5, 5.41) is 3.97.